The standard InChI is InChI=1S/C8H18N2O2S/c1-6(5-13-3)10-8(11)7(4-9)12-2/h6-7H,4-5,9H2,1-3H3,(H,10,11). The molecule has 0 aliphatic heterocycles. The number of thioether (sulfide) groups is 1. The minimum absolute atomic E-state index is 0.133. The molecular weight excluding hydrogens is 188 g/mol. The second-order valence-corrected chi connectivity index (χ2v) is 3.74. The number of carbonyl (C=O) groups is 1. The number of carbonyl (C=O) groups excluding carboxylic acids is 1. The Morgan fingerprint density at radius 2 is 2.31 bits per heavy atom. The minimum atomic E-state index is -0.524. The summed E-state index contributed by atoms with van der Waals surface area (Å²) < 4.78 is 4.90. The zero-order chi connectivity index (χ0) is 10.3. The molecule has 1 amide bonds. The second-order valence-electron chi connectivity index (χ2n) is 2.83. The van der Waals surface area contributed by atoms with E-state index in [-0.39, 0.29) is 18.5 Å². The molecule has 0 radical (unpaired) electrons. The van der Waals surface area contributed by atoms with E-state index < -0.39 is 6.10 Å². The Morgan fingerprint density at radius 3 is 2.69 bits per heavy atom. The lowest BCUT2D eigenvalue weighted by Crippen LogP contribution is -2.45. The molecule has 0 aliphatic carbocycles. The third-order valence-electron chi connectivity index (χ3n) is 1.60. The van der Waals surface area contributed by atoms with Crippen LogP contribution < -0.4 is 11.1 Å². The van der Waals surface area contributed by atoms with Gasteiger partial charge in [0.1, 0.15) is 6.10 Å². The van der Waals surface area contributed by atoms with E-state index in [0.29, 0.717) is 0 Å². The summed E-state index contributed by atoms with van der Waals surface area (Å²) in [6, 6.07) is 0.159. The normalized spacial score (nSPS) is 15.1. The van der Waals surface area contributed by atoms with Crippen LogP contribution in [0.15, 0.2) is 0 Å². The quantitative estimate of drug-likeness (QED) is 0.633. The van der Waals surface area contributed by atoms with Crippen LogP contribution in [0.3, 0.4) is 0 Å². The number of nitrogens with two attached hydrogens (primary N) is 1. The summed E-state index contributed by atoms with van der Waals surface area (Å²) in [5.41, 5.74) is 5.34. The number of hydrogen-bond donors (Lipinski definition) is 2. The molecule has 78 valence electrons. The molecule has 0 aromatic rings. The molecule has 3 N–H and O–H groups in total. The summed E-state index contributed by atoms with van der Waals surface area (Å²) in [7, 11) is 1.48. The van der Waals surface area contributed by atoms with Gasteiger partial charge in [-0.3, -0.25) is 4.79 Å². The SMILES string of the molecule is COC(CN)C(=O)NC(C)CSC. The Labute approximate surface area is 83.6 Å². The monoisotopic (exact) mass is 206 g/mol. The fourth-order valence-corrected chi connectivity index (χ4v) is 1.52. The van der Waals surface area contributed by atoms with Crippen molar-refractivity contribution >= 4 is 17.7 Å². The highest BCUT2D eigenvalue weighted by atomic mass is 32.2. The number of amides is 1. The van der Waals surface area contributed by atoms with Crippen molar-refractivity contribution in [3.63, 3.8) is 0 Å². The Hall–Kier alpha value is -0.260. The van der Waals surface area contributed by atoms with E-state index in [0.717, 1.165) is 5.75 Å². The maximum absolute atomic E-state index is 11.4. The number of rotatable bonds is 6. The zero-order valence-electron chi connectivity index (χ0n) is 8.37. The van der Waals surface area contributed by atoms with E-state index in [4.69, 9.17) is 10.5 Å². The molecule has 2 unspecified atom stereocenters. The molecule has 0 rings (SSSR count). The van der Waals surface area contributed by atoms with Gasteiger partial charge in [-0.2, -0.15) is 11.8 Å². The average molecular weight is 206 g/mol. The van der Waals surface area contributed by atoms with Crippen molar-refractivity contribution in [1.82, 2.24) is 5.32 Å². The first kappa shape index (κ1) is 12.7. The summed E-state index contributed by atoms with van der Waals surface area (Å²) in [5, 5.41) is 2.82. The van der Waals surface area contributed by atoms with Crippen molar-refractivity contribution < 1.29 is 9.53 Å². The minimum Gasteiger partial charge on any atom is -0.370 e. The lowest BCUT2D eigenvalue weighted by molar-refractivity contribution is -0.130. The third-order valence-corrected chi connectivity index (χ3v) is 2.43. The maximum Gasteiger partial charge on any atom is 0.250 e. The summed E-state index contributed by atoms with van der Waals surface area (Å²) in [4.78, 5) is 11.4. The first-order valence-electron chi connectivity index (χ1n) is 4.17. The molecule has 0 bridgehead atoms. The van der Waals surface area contributed by atoms with Gasteiger partial charge in [-0.25, -0.2) is 0 Å². The first-order valence-corrected chi connectivity index (χ1v) is 5.57. The molecule has 13 heavy (non-hydrogen) atoms. The van der Waals surface area contributed by atoms with Gasteiger partial charge in [0.15, 0.2) is 0 Å². The van der Waals surface area contributed by atoms with Crippen molar-refractivity contribution in [2.24, 2.45) is 5.73 Å². The van der Waals surface area contributed by atoms with Crippen LogP contribution in [0, 0.1) is 0 Å². The smallest absolute Gasteiger partial charge is 0.250 e. The zero-order valence-corrected chi connectivity index (χ0v) is 9.19. The van der Waals surface area contributed by atoms with Gasteiger partial charge in [0.25, 0.3) is 5.91 Å². The van der Waals surface area contributed by atoms with E-state index in [2.05, 4.69) is 5.32 Å². The Bertz CT molecular complexity index is 151. The summed E-state index contributed by atoms with van der Waals surface area (Å²) in [6.45, 7) is 2.17. The highest BCUT2D eigenvalue weighted by Gasteiger charge is 2.16. The Balaban J connectivity index is 3.83. The molecule has 0 fully saturated rings. The summed E-state index contributed by atoms with van der Waals surface area (Å²) in [6.07, 6.45) is 1.48. The summed E-state index contributed by atoms with van der Waals surface area (Å²) >= 11 is 1.69. The third kappa shape index (κ3) is 5.13. The van der Waals surface area contributed by atoms with Gasteiger partial charge in [-0.15, -0.1) is 0 Å². The van der Waals surface area contributed by atoms with Gasteiger partial charge in [-0.1, -0.05) is 0 Å². The Kier molecular flexibility index (Phi) is 7.03. The highest BCUT2D eigenvalue weighted by Crippen LogP contribution is 1.97. The largest absolute Gasteiger partial charge is 0.370 e. The predicted molar refractivity (Wildman–Crippen MR) is 55.8 cm³/mol. The number of hydrogen-bond acceptors (Lipinski definition) is 4. The number of nitrogens with one attached hydrogen (secondary N) is 1. The molecule has 0 aromatic heterocycles. The maximum atomic E-state index is 11.4. The van der Waals surface area contributed by atoms with Crippen molar-refractivity contribution in [3.8, 4) is 0 Å². The van der Waals surface area contributed by atoms with Crippen LogP contribution in [-0.2, 0) is 9.53 Å². The van der Waals surface area contributed by atoms with E-state index in [9.17, 15) is 4.79 Å². The van der Waals surface area contributed by atoms with E-state index in [1.165, 1.54) is 7.11 Å². The average Bonchev–Trinajstić information content (AvgIpc) is 2.06. The molecule has 0 heterocycles. The number of ether oxygens (including phenoxy) is 1. The van der Waals surface area contributed by atoms with Crippen LogP contribution in [0.25, 0.3) is 0 Å². The fraction of sp³-hybridized carbons (Fsp3) is 0.875. The molecule has 0 saturated heterocycles. The topological polar surface area (TPSA) is 64.3 Å². The van der Waals surface area contributed by atoms with Gasteiger partial charge in [-0.05, 0) is 13.2 Å². The van der Waals surface area contributed by atoms with Crippen molar-refractivity contribution in [3.05, 3.63) is 0 Å². The fourth-order valence-electron chi connectivity index (χ4n) is 0.938. The van der Waals surface area contributed by atoms with Crippen LogP contribution in [0.2, 0.25) is 0 Å². The molecule has 5 heteroatoms. The molecule has 0 spiro atoms. The van der Waals surface area contributed by atoms with Gasteiger partial charge >= 0.3 is 0 Å². The van der Waals surface area contributed by atoms with Crippen LogP contribution in [0.5, 0.6) is 0 Å². The summed E-state index contributed by atoms with van der Waals surface area (Å²) in [5.74, 6) is 0.763. The van der Waals surface area contributed by atoms with Crippen LogP contribution in [0.4, 0.5) is 0 Å². The van der Waals surface area contributed by atoms with Gasteiger partial charge < -0.3 is 15.8 Å². The molecule has 0 aromatic carbocycles. The number of methoxy groups -OCH3 is 1. The lowest BCUT2D eigenvalue weighted by atomic mass is 10.3. The van der Waals surface area contributed by atoms with E-state index in [1.54, 1.807) is 11.8 Å². The highest BCUT2D eigenvalue weighted by molar-refractivity contribution is 7.98. The van der Waals surface area contributed by atoms with Crippen molar-refractivity contribution in [2.75, 3.05) is 25.7 Å². The molecule has 4 nitrogen and oxygen atoms in total. The van der Waals surface area contributed by atoms with Gasteiger partial charge in [0, 0.05) is 25.4 Å². The second kappa shape index (κ2) is 7.17. The lowest BCUT2D eigenvalue weighted by Gasteiger charge is -2.17. The van der Waals surface area contributed by atoms with Gasteiger partial charge in [0.05, 0.1) is 0 Å². The molecule has 0 aliphatic rings. The molecule has 2 atom stereocenters. The van der Waals surface area contributed by atoms with Crippen molar-refractivity contribution in [2.45, 2.75) is 19.1 Å². The molecule has 0 saturated carbocycles. The molecular formula is C8H18N2O2S. The van der Waals surface area contributed by atoms with Gasteiger partial charge in [0.2, 0.25) is 0 Å². The first-order chi connectivity index (χ1) is 6.15. The van der Waals surface area contributed by atoms with Crippen LogP contribution >= 0.6 is 11.8 Å². The Morgan fingerprint density at radius 1 is 1.69 bits per heavy atom. The van der Waals surface area contributed by atoms with E-state index >= 15 is 0 Å². The van der Waals surface area contributed by atoms with E-state index in [1.807, 2.05) is 13.2 Å². The van der Waals surface area contributed by atoms with Crippen LogP contribution in [-0.4, -0.2) is 43.7 Å². The predicted octanol–water partition coefficient (Wildman–Crippen LogP) is -0.172. The van der Waals surface area contributed by atoms with Crippen molar-refractivity contribution in [1.29, 1.82) is 0 Å². The van der Waals surface area contributed by atoms with Crippen LogP contribution in [0.1, 0.15) is 6.92 Å².